The summed E-state index contributed by atoms with van der Waals surface area (Å²) in [6.07, 6.45) is 0.833. The van der Waals surface area contributed by atoms with Crippen LogP contribution in [-0.2, 0) is 15.3 Å². The Hall–Kier alpha value is -1.49. The van der Waals surface area contributed by atoms with Gasteiger partial charge in [0.05, 0.1) is 12.3 Å². The van der Waals surface area contributed by atoms with Crippen LogP contribution in [-0.4, -0.2) is 42.1 Å². The fourth-order valence-corrected chi connectivity index (χ4v) is 3.04. The first-order valence-corrected chi connectivity index (χ1v) is 7.98. The van der Waals surface area contributed by atoms with E-state index in [0.717, 1.165) is 12.2 Å². The Morgan fingerprint density at radius 1 is 1.45 bits per heavy atom. The third kappa shape index (κ3) is 4.56. The fourth-order valence-electron chi connectivity index (χ4n) is 2.17. The lowest BCUT2D eigenvalue weighted by molar-refractivity contribution is -0.133. The van der Waals surface area contributed by atoms with Gasteiger partial charge in [0, 0.05) is 18.8 Å². The minimum absolute atomic E-state index is 0.0553. The molecule has 108 valence electrons. The molecule has 1 N–H and O–H groups in total. The Morgan fingerprint density at radius 3 is 3.10 bits per heavy atom. The van der Waals surface area contributed by atoms with Crippen LogP contribution in [0.25, 0.3) is 0 Å². The molecule has 0 saturated carbocycles. The number of carbonyl (C=O) groups is 2. The van der Waals surface area contributed by atoms with Crippen LogP contribution in [0.1, 0.15) is 17.5 Å². The first-order valence-electron chi connectivity index (χ1n) is 6.83. The molecule has 0 radical (unpaired) electrons. The summed E-state index contributed by atoms with van der Waals surface area (Å²) >= 11 is 1.60. The van der Waals surface area contributed by atoms with Gasteiger partial charge in [-0.3, -0.25) is 9.59 Å². The minimum atomic E-state index is -0.0560. The summed E-state index contributed by atoms with van der Waals surface area (Å²) in [6.45, 7) is 3.60. The molecular weight excluding hydrogens is 272 g/mol. The molecule has 1 aromatic carbocycles. The highest BCUT2D eigenvalue weighted by Gasteiger charge is 2.19. The Labute approximate surface area is 123 Å². The number of nitrogens with one attached hydrogen (secondary N) is 1. The minimum Gasteiger partial charge on any atom is -0.354 e. The summed E-state index contributed by atoms with van der Waals surface area (Å²) in [5.41, 5.74) is 2.47. The maximum atomic E-state index is 12.1. The number of aryl methyl sites for hydroxylation is 1. The molecule has 0 unspecified atom stereocenters. The Morgan fingerprint density at radius 2 is 2.30 bits per heavy atom. The molecule has 2 amide bonds. The van der Waals surface area contributed by atoms with Crippen molar-refractivity contribution in [3.63, 3.8) is 0 Å². The highest BCUT2D eigenvalue weighted by molar-refractivity contribution is 7.99. The van der Waals surface area contributed by atoms with Crippen LogP contribution < -0.4 is 5.32 Å². The maximum Gasteiger partial charge on any atom is 0.239 e. The van der Waals surface area contributed by atoms with Gasteiger partial charge < -0.3 is 10.2 Å². The first-order chi connectivity index (χ1) is 9.65. The van der Waals surface area contributed by atoms with Gasteiger partial charge in [-0.2, -0.15) is 0 Å². The van der Waals surface area contributed by atoms with E-state index >= 15 is 0 Å². The van der Waals surface area contributed by atoms with Crippen LogP contribution in [0.2, 0.25) is 0 Å². The molecule has 1 fully saturated rings. The van der Waals surface area contributed by atoms with E-state index in [1.54, 1.807) is 16.7 Å². The zero-order valence-electron chi connectivity index (χ0n) is 11.7. The van der Waals surface area contributed by atoms with Crippen molar-refractivity contribution in [1.82, 2.24) is 10.2 Å². The molecule has 0 bridgehead atoms. The predicted octanol–water partition coefficient (Wildman–Crippen LogP) is 1.58. The van der Waals surface area contributed by atoms with E-state index in [1.165, 1.54) is 11.1 Å². The molecule has 1 aliphatic rings. The number of amides is 2. The average molecular weight is 292 g/mol. The molecule has 0 aliphatic carbocycles. The lowest BCUT2D eigenvalue weighted by Crippen LogP contribution is -2.38. The number of benzene rings is 1. The fraction of sp³-hybridized carbons (Fsp3) is 0.467. The Bertz CT molecular complexity index is 491. The van der Waals surface area contributed by atoms with Gasteiger partial charge in [-0.05, 0) is 18.9 Å². The van der Waals surface area contributed by atoms with Gasteiger partial charge in [0.2, 0.25) is 11.8 Å². The highest BCUT2D eigenvalue weighted by atomic mass is 32.2. The van der Waals surface area contributed by atoms with E-state index in [4.69, 9.17) is 0 Å². The monoisotopic (exact) mass is 292 g/mol. The summed E-state index contributed by atoms with van der Waals surface area (Å²) in [6, 6.07) is 8.31. The van der Waals surface area contributed by atoms with Crippen molar-refractivity contribution >= 4 is 23.6 Å². The summed E-state index contributed by atoms with van der Waals surface area (Å²) in [4.78, 5) is 25.2. The van der Waals surface area contributed by atoms with Crippen LogP contribution in [0.4, 0.5) is 0 Å². The van der Waals surface area contributed by atoms with E-state index < -0.39 is 0 Å². The molecule has 0 aromatic heterocycles. The van der Waals surface area contributed by atoms with Crippen LogP contribution in [0, 0.1) is 6.92 Å². The predicted molar refractivity (Wildman–Crippen MR) is 81.5 cm³/mol. The molecule has 1 saturated heterocycles. The smallest absolute Gasteiger partial charge is 0.239 e. The van der Waals surface area contributed by atoms with Crippen molar-refractivity contribution < 1.29 is 9.59 Å². The second kappa shape index (κ2) is 7.33. The van der Waals surface area contributed by atoms with Gasteiger partial charge in [0.15, 0.2) is 0 Å². The van der Waals surface area contributed by atoms with Gasteiger partial charge >= 0.3 is 0 Å². The summed E-state index contributed by atoms with van der Waals surface area (Å²) in [5.74, 6) is 1.26. The number of hydrogen-bond donors (Lipinski definition) is 1. The van der Waals surface area contributed by atoms with E-state index in [1.807, 2.05) is 6.07 Å². The summed E-state index contributed by atoms with van der Waals surface area (Å²) in [5, 5.41) is 2.78. The van der Waals surface area contributed by atoms with Crippen molar-refractivity contribution in [2.45, 2.75) is 19.1 Å². The lowest BCUT2D eigenvalue weighted by atomic mass is 10.2. The molecule has 5 heteroatoms. The summed E-state index contributed by atoms with van der Waals surface area (Å²) in [7, 11) is 0. The van der Waals surface area contributed by atoms with Crippen LogP contribution >= 0.6 is 11.8 Å². The van der Waals surface area contributed by atoms with Gasteiger partial charge in [-0.1, -0.05) is 29.8 Å². The van der Waals surface area contributed by atoms with E-state index in [2.05, 4.69) is 30.4 Å². The van der Waals surface area contributed by atoms with Crippen molar-refractivity contribution in [3.8, 4) is 0 Å². The number of thioether (sulfide) groups is 1. The second-order valence-corrected chi connectivity index (χ2v) is 5.99. The SMILES string of the molecule is Cc1cccc(CSCC(=O)N2CCCNC(=O)C2)c1. The normalized spacial score (nSPS) is 15.7. The topological polar surface area (TPSA) is 49.4 Å². The number of carbonyl (C=O) groups excluding carboxylic acids is 2. The van der Waals surface area contributed by atoms with Gasteiger partial charge in [0.1, 0.15) is 0 Å². The Kier molecular flexibility index (Phi) is 5.47. The maximum absolute atomic E-state index is 12.1. The van der Waals surface area contributed by atoms with Crippen molar-refractivity contribution in [3.05, 3.63) is 35.4 Å². The lowest BCUT2D eigenvalue weighted by Gasteiger charge is -2.18. The zero-order valence-corrected chi connectivity index (χ0v) is 12.5. The standard InChI is InChI=1S/C15H20N2O2S/c1-12-4-2-5-13(8-12)10-20-11-15(19)17-7-3-6-16-14(18)9-17/h2,4-5,8H,3,6-7,9-11H2,1H3,(H,16,18). The quantitative estimate of drug-likeness (QED) is 0.916. The molecule has 4 nitrogen and oxygen atoms in total. The summed E-state index contributed by atoms with van der Waals surface area (Å²) < 4.78 is 0. The molecule has 20 heavy (non-hydrogen) atoms. The van der Waals surface area contributed by atoms with Crippen molar-refractivity contribution in [2.75, 3.05) is 25.4 Å². The number of rotatable bonds is 4. The van der Waals surface area contributed by atoms with Gasteiger partial charge in [-0.25, -0.2) is 0 Å². The molecule has 1 aromatic rings. The van der Waals surface area contributed by atoms with E-state index in [-0.39, 0.29) is 18.4 Å². The average Bonchev–Trinajstić information content (AvgIpc) is 2.63. The van der Waals surface area contributed by atoms with Crippen LogP contribution in [0.3, 0.4) is 0 Å². The van der Waals surface area contributed by atoms with Crippen LogP contribution in [0.5, 0.6) is 0 Å². The van der Waals surface area contributed by atoms with Gasteiger partial charge in [0.25, 0.3) is 0 Å². The molecule has 0 atom stereocenters. The number of hydrogen-bond acceptors (Lipinski definition) is 3. The van der Waals surface area contributed by atoms with Crippen molar-refractivity contribution in [1.29, 1.82) is 0 Å². The number of nitrogens with zero attached hydrogens (tertiary/aromatic N) is 1. The largest absolute Gasteiger partial charge is 0.354 e. The van der Waals surface area contributed by atoms with E-state index in [0.29, 0.717) is 18.8 Å². The van der Waals surface area contributed by atoms with Gasteiger partial charge in [-0.15, -0.1) is 11.8 Å². The second-order valence-electron chi connectivity index (χ2n) is 5.00. The molecule has 1 aliphatic heterocycles. The zero-order chi connectivity index (χ0) is 14.4. The Balaban J connectivity index is 1.78. The third-order valence-electron chi connectivity index (χ3n) is 3.19. The molecule has 2 rings (SSSR count). The van der Waals surface area contributed by atoms with Crippen LogP contribution in [0.15, 0.2) is 24.3 Å². The molecule has 0 spiro atoms. The highest BCUT2D eigenvalue weighted by Crippen LogP contribution is 2.14. The first kappa shape index (κ1) is 14.9. The molecule has 1 heterocycles. The van der Waals surface area contributed by atoms with E-state index in [9.17, 15) is 9.59 Å². The molecular formula is C15H20N2O2S. The third-order valence-corrected chi connectivity index (χ3v) is 4.18. The van der Waals surface area contributed by atoms with Crippen molar-refractivity contribution in [2.24, 2.45) is 0 Å².